The smallest absolute Gasteiger partial charge is 0.336 e. The van der Waals surface area contributed by atoms with Crippen LogP contribution in [0, 0.1) is 0 Å². The number of aliphatic hydroxyl groups excluding tert-OH is 1. The van der Waals surface area contributed by atoms with E-state index in [4.69, 9.17) is 5.73 Å². The summed E-state index contributed by atoms with van der Waals surface area (Å²) in [5.74, 6) is -0.626. The standard InChI is InChI=1S/C8H17NO3.ClH/c1-3-5-6(9)7(10)8(11)12-4-2;/h6-7,10H,3-5,9H2,1-2H3;1H. The van der Waals surface area contributed by atoms with Crippen LogP contribution in [0.15, 0.2) is 0 Å². The summed E-state index contributed by atoms with van der Waals surface area (Å²) in [5.41, 5.74) is 5.51. The van der Waals surface area contributed by atoms with Crippen molar-refractivity contribution in [3.63, 3.8) is 0 Å². The van der Waals surface area contributed by atoms with Crippen LogP contribution in [0.5, 0.6) is 0 Å². The van der Waals surface area contributed by atoms with Crippen molar-refractivity contribution in [2.75, 3.05) is 6.61 Å². The first kappa shape index (κ1) is 15.2. The summed E-state index contributed by atoms with van der Waals surface area (Å²) in [6, 6.07) is -0.506. The van der Waals surface area contributed by atoms with Gasteiger partial charge in [-0.25, -0.2) is 4.79 Å². The lowest BCUT2D eigenvalue weighted by atomic mass is 10.1. The molecule has 0 saturated heterocycles. The van der Waals surface area contributed by atoms with Gasteiger partial charge in [-0.15, -0.1) is 12.4 Å². The molecule has 0 aliphatic carbocycles. The molecule has 0 aromatic heterocycles. The van der Waals surface area contributed by atoms with E-state index in [1.54, 1.807) is 6.92 Å². The van der Waals surface area contributed by atoms with E-state index in [0.29, 0.717) is 6.42 Å². The van der Waals surface area contributed by atoms with Crippen molar-refractivity contribution in [1.29, 1.82) is 0 Å². The lowest BCUT2D eigenvalue weighted by Gasteiger charge is -2.15. The molecule has 80 valence electrons. The highest BCUT2D eigenvalue weighted by Crippen LogP contribution is 2.01. The van der Waals surface area contributed by atoms with Gasteiger partial charge in [0, 0.05) is 6.04 Å². The average Bonchev–Trinajstić information content (AvgIpc) is 2.04. The molecule has 0 spiro atoms. The van der Waals surface area contributed by atoms with E-state index >= 15 is 0 Å². The Labute approximate surface area is 84.9 Å². The molecule has 2 atom stereocenters. The minimum Gasteiger partial charge on any atom is -0.464 e. The molecular weight excluding hydrogens is 194 g/mol. The van der Waals surface area contributed by atoms with E-state index < -0.39 is 18.1 Å². The van der Waals surface area contributed by atoms with E-state index in [0.717, 1.165) is 6.42 Å². The first-order valence-corrected chi connectivity index (χ1v) is 4.23. The molecule has 3 N–H and O–H groups in total. The third kappa shape index (κ3) is 5.85. The van der Waals surface area contributed by atoms with Crippen LogP contribution in [0.25, 0.3) is 0 Å². The Bertz CT molecular complexity index is 143. The molecule has 0 aliphatic rings. The van der Waals surface area contributed by atoms with Gasteiger partial charge >= 0.3 is 5.97 Å². The van der Waals surface area contributed by atoms with Gasteiger partial charge in [0.1, 0.15) is 0 Å². The van der Waals surface area contributed by atoms with E-state index in [9.17, 15) is 9.90 Å². The Kier molecular flexibility index (Phi) is 9.67. The number of rotatable bonds is 5. The van der Waals surface area contributed by atoms with Gasteiger partial charge in [0.05, 0.1) is 6.61 Å². The summed E-state index contributed by atoms with van der Waals surface area (Å²) in [6.45, 7) is 3.91. The number of nitrogens with two attached hydrogens (primary N) is 1. The SMILES string of the molecule is CCCC(N)C(O)C(=O)OCC.Cl. The first-order chi connectivity index (χ1) is 5.63. The normalized spacial score (nSPS) is 14.2. The summed E-state index contributed by atoms with van der Waals surface area (Å²) in [6.07, 6.45) is 0.294. The predicted octanol–water partition coefficient (Wildman–Crippen LogP) is 0.460. The Hall–Kier alpha value is -0.320. The Morgan fingerprint density at radius 1 is 1.54 bits per heavy atom. The third-order valence-electron chi connectivity index (χ3n) is 1.56. The van der Waals surface area contributed by atoms with Crippen LogP contribution in [0.3, 0.4) is 0 Å². The van der Waals surface area contributed by atoms with Crippen LogP contribution in [-0.4, -0.2) is 29.8 Å². The van der Waals surface area contributed by atoms with Crippen LogP contribution in [0.4, 0.5) is 0 Å². The van der Waals surface area contributed by atoms with Gasteiger partial charge < -0.3 is 15.6 Å². The lowest BCUT2D eigenvalue weighted by molar-refractivity contribution is -0.154. The highest BCUT2D eigenvalue weighted by Gasteiger charge is 2.22. The molecule has 4 nitrogen and oxygen atoms in total. The third-order valence-corrected chi connectivity index (χ3v) is 1.56. The maximum atomic E-state index is 10.9. The molecule has 0 saturated carbocycles. The molecule has 0 heterocycles. The zero-order chi connectivity index (χ0) is 9.56. The van der Waals surface area contributed by atoms with Gasteiger partial charge in [0.15, 0.2) is 6.10 Å². The molecule has 0 amide bonds. The second-order valence-corrected chi connectivity index (χ2v) is 2.65. The summed E-state index contributed by atoms with van der Waals surface area (Å²) < 4.78 is 4.60. The Morgan fingerprint density at radius 2 is 2.08 bits per heavy atom. The predicted molar refractivity (Wildman–Crippen MR) is 52.8 cm³/mol. The lowest BCUT2D eigenvalue weighted by Crippen LogP contribution is -2.41. The molecule has 0 rings (SSSR count). The van der Waals surface area contributed by atoms with Gasteiger partial charge in [-0.2, -0.15) is 0 Å². The number of hydrogen-bond donors (Lipinski definition) is 2. The molecule has 0 radical (unpaired) electrons. The quantitative estimate of drug-likeness (QED) is 0.648. The fourth-order valence-corrected chi connectivity index (χ4v) is 0.894. The van der Waals surface area contributed by atoms with Crippen molar-refractivity contribution in [3.8, 4) is 0 Å². The van der Waals surface area contributed by atoms with Gasteiger partial charge in [-0.05, 0) is 13.3 Å². The van der Waals surface area contributed by atoms with Gasteiger partial charge in [-0.1, -0.05) is 13.3 Å². The highest BCUT2D eigenvalue weighted by atomic mass is 35.5. The summed E-state index contributed by atoms with van der Waals surface area (Å²) >= 11 is 0. The Morgan fingerprint density at radius 3 is 2.46 bits per heavy atom. The highest BCUT2D eigenvalue weighted by molar-refractivity contribution is 5.85. The van der Waals surface area contributed by atoms with E-state index in [-0.39, 0.29) is 19.0 Å². The molecule has 0 aromatic rings. The van der Waals surface area contributed by atoms with Crippen molar-refractivity contribution >= 4 is 18.4 Å². The summed E-state index contributed by atoms with van der Waals surface area (Å²) in [7, 11) is 0. The number of hydrogen-bond acceptors (Lipinski definition) is 4. The molecule has 0 bridgehead atoms. The minimum atomic E-state index is -1.18. The monoisotopic (exact) mass is 211 g/mol. The number of halogens is 1. The molecule has 0 aromatic carbocycles. The number of ether oxygens (including phenoxy) is 1. The fraction of sp³-hybridized carbons (Fsp3) is 0.875. The van der Waals surface area contributed by atoms with Gasteiger partial charge in [-0.3, -0.25) is 0 Å². The topological polar surface area (TPSA) is 72.5 Å². The van der Waals surface area contributed by atoms with Gasteiger partial charge in [0.25, 0.3) is 0 Å². The van der Waals surface area contributed by atoms with Crippen LogP contribution in [0.1, 0.15) is 26.7 Å². The second kappa shape index (κ2) is 8.29. The maximum absolute atomic E-state index is 10.9. The summed E-state index contributed by atoms with van der Waals surface area (Å²) in [5, 5.41) is 9.25. The van der Waals surface area contributed by atoms with E-state index in [2.05, 4.69) is 4.74 Å². The van der Waals surface area contributed by atoms with Crippen LogP contribution in [0.2, 0.25) is 0 Å². The molecular formula is C8H18ClNO3. The van der Waals surface area contributed by atoms with Crippen LogP contribution in [-0.2, 0) is 9.53 Å². The fourth-order valence-electron chi connectivity index (χ4n) is 0.894. The molecule has 0 aliphatic heterocycles. The largest absolute Gasteiger partial charge is 0.464 e. The van der Waals surface area contributed by atoms with Gasteiger partial charge in [0.2, 0.25) is 0 Å². The maximum Gasteiger partial charge on any atom is 0.336 e. The molecule has 2 unspecified atom stereocenters. The van der Waals surface area contributed by atoms with Crippen molar-refractivity contribution in [3.05, 3.63) is 0 Å². The second-order valence-electron chi connectivity index (χ2n) is 2.65. The van der Waals surface area contributed by atoms with Crippen LogP contribution >= 0.6 is 12.4 Å². The van der Waals surface area contributed by atoms with Crippen molar-refractivity contribution in [1.82, 2.24) is 0 Å². The van der Waals surface area contributed by atoms with E-state index in [1.807, 2.05) is 6.92 Å². The van der Waals surface area contributed by atoms with Crippen molar-refractivity contribution < 1.29 is 14.6 Å². The zero-order valence-electron chi connectivity index (χ0n) is 8.03. The molecule has 13 heavy (non-hydrogen) atoms. The minimum absolute atomic E-state index is 0. The first-order valence-electron chi connectivity index (χ1n) is 4.23. The van der Waals surface area contributed by atoms with Crippen molar-refractivity contribution in [2.45, 2.75) is 38.8 Å². The number of carbonyl (C=O) groups is 1. The summed E-state index contributed by atoms with van der Waals surface area (Å²) in [4.78, 5) is 10.9. The Balaban J connectivity index is 0. The molecule has 0 fully saturated rings. The number of esters is 1. The average molecular weight is 212 g/mol. The van der Waals surface area contributed by atoms with E-state index in [1.165, 1.54) is 0 Å². The number of aliphatic hydroxyl groups is 1. The van der Waals surface area contributed by atoms with Crippen LogP contribution < -0.4 is 5.73 Å². The van der Waals surface area contributed by atoms with Crippen molar-refractivity contribution in [2.24, 2.45) is 5.73 Å². The molecule has 5 heteroatoms. The number of carbonyl (C=O) groups excluding carboxylic acids is 1. The zero-order valence-corrected chi connectivity index (χ0v) is 8.84.